The van der Waals surface area contributed by atoms with Crippen molar-refractivity contribution in [1.29, 1.82) is 0 Å². The third-order valence-corrected chi connectivity index (χ3v) is 8.11. The minimum atomic E-state index is -0.666. The summed E-state index contributed by atoms with van der Waals surface area (Å²) in [6.45, 7) is 10.0. The molecule has 1 aliphatic carbocycles. The number of tetrazole rings is 1. The highest BCUT2D eigenvalue weighted by molar-refractivity contribution is 6.13. The van der Waals surface area contributed by atoms with Crippen molar-refractivity contribution in [2.45, 2.75) is 74.0 Å². The molecular weight excluding hydrogens is 600 g/mol. The number of hydrazone groups is 1. The van der Waals surface area contributed by atoms with Gasteiger partial charge < -0.3 is 10.1 Å². The van der Waals surface area contributed by atoms with Crippen molar-refractivity contribution in [1.82, 2.24) is 25.2 Å². The maximum Gasteiger partial charge on any atom is 0.345 e. The monoisotopic (exact) mass is 642 g/mol. The summed E-state index contributed by atoms with van der Waals surface area (Å²) in [6, 6.07) is 13.8. The number of nitrogens with zero attached hydrogens (tertiary/aromatic N) is 7. The second-order valence-electron chi connectivity index (χ2n) is 14.0. The van der Waals surface area contributed by atoms with Gasteiger partial charge in [0.2, 0.25) is 18.5 Å². The molecule has 248 valence electrons. The van der Waals surface area contributed by atoms with E-state index in [4.69, 9.17) is 9.84 Å². The fourth-order valence-electron chi connectivity index (χ4n) is 5.35. The minimum absolute atomic E-state index is 0.107. The number of amides is 3. The maximum absolute atomic E-state index is 14.1. The van der Waals surface area contributed by atoms with E-state index in [9.17, 15) is 19.2 Å². The van der Waals surface area contributed by atoms with Crippen LogP contribution in [0.5, 0.6) is 0 Å². The molecule has 3 aromatic rings. The van der Waals surface area contributed by atoms with E-state index in [-0.39, 0.29) is 37.3 Å². The number of rotatable bonds is 9. The van der Waals surface area contributed by atoms with Gasteiger partial charge in [-0.2, -0.15) is 5.10 Å². The molecule has 5 rings (SSSR count). The second kappa shape index (κ2) is 13.4. The summed E-state index contributed by atoms with van der Waals surface area (Å²) >= 11 is 0. The number of para-hydroxylation sites is 1. The number of aromatic nitrogens is 4. The van der Waals surface area contributed by atoms with Crippen LogP contribution in [0.2, 0.25) is 0 Å². The number of carbonyl (C=O) groups is 4. The van der Waals surface area contributed by atoms with E-state index in [2.05, 4.69) is 20.7 Å². The molecule has 0 spiro atoms. The number of ketones is 1. The van der Waals surface area contributed by atoms with Gasteiger partial charge in [0.1, 0.15) is 6.54 Å². The van der Waals surface area contributed by atoms with Gasteiger partial charge in [-0.1, -0.05) is 63.9 Å². The highest BCUT2D eigenvalue weighted by Gasteiger charge is 2.36. The zero-order valence-electron chi connectivity index (χ0n) is 27.8. The van der Waals surface area contributed by atoms with Gasteiger partial charge in [0.15, 0.2) is 5.78 Å². The molecule has 1 aliphatic heterocycles. The van der Waals surface area contributed by atoms with Crippen LogP contribution in [0.1, 0.15) is 72.8 Å². The lowest BCUT2D eigenvalue weighted by Gasteiger charge is -2.28. The van der Waals surface area contributed by atoms with Gasteiger partial charge in [-0.05, 0) is 57.0 Å². The Bertz CT molecular complexity index is 1690. The Morgan fingerprint density at radius 2 is 1.66 bits per heavy atom. The Morgan fingerprint density at radius 1 is 0.936 bits per heavy atom. The zero-order chi connectivity index (χ0) is 33.9. The van der Waals surface area contributed by atoms with Crippen molar-refractivity contribution in [3.8, 4) is 11.4 Å². The second-order valence-corrected chi connectivity index (χ2v) is 14.0. The molecule has 13 nitrogen and oxygen atoms in total. The van der Waals surface area contributed by atoms with Crippen molar-refractivity contribution in [2.75, 3.05) is 23.3 Å². The van der Waals surface area contributed by atoms with Crippen molar-refractivity contribution >= 4 is 40.8 Å². The van der Waals surface area contributed by atoms with Crippen LogP contribution in [0.4, 0.5) is 16.2 Å². The molecule has 1 N–H and O–H groups in total. The molecule has 2 aliphatic rings. The molecule has 1 fully saturated rings. The number of benzene rings is 2. The summed E-state index contributed by atoms with van der Waals surface area (Å²) in [5.41, 5.74) is 1.88. The standard InChI is InChI=1S/C34H42N8O5/c1-33(2,3)27(43)19-40-26-17-10-9-16-25(26)29(22-12-7-8-13-22)37-41(32(40)46)20-28(44)35-24-15-11-14-23(18-24)30-36-39-42(38-30)21-47-31(45)34(4,5)6/h9-11,14-18,22H,7-8,12-13,19-21H2,1-6H3,(H,35,44). The molecule has 3 amide bonds. The van der Waals surface area contributed by atoms with Gasteiger partial charge in [0.25, 0.3) is 0 Å². The number of hydrogen-bond donors (Lipinski definition) is 1. The topological polar surface area (TPSA) is 152 Å². The van der Waals surface area contributed by atoms with Crippen LogP contribution < -0.4 is 10.2 Å². The first kappa shape index (κ1) is 33.4. The first-order valence-corrected chi connectivity index (χ1v) is 15.9. The highest BCUT2D eigenvalue weighted by Crippen LogP contribution is 2.35. The SMILES string of the molecule is CC(C)(C)C(=O)CN1C(=O)N(CC(=O)Nc2cccc(-c3nnn(COC(=O)C(C)(C)C)n3)c2)N=C(C2CCCC2)c2ccccc21. The van der Waals surface area contributed by atoms with Crippen molar-refractivity contribution in [3.05, 3.63) is 54.1 Å². The van der Waals surface area contributed by atoms with Crippen LogP contribution in [-0.4, -0.2) is 67.7 Å². The van der Waals surface area contributed by atoms with E-state index in [0.29, 0.717) is 16.9 Å². The summed E-state index contributed by atoms with van der Waals surface area (Å²) in [5.74, 6) is -0.551. The van der Waals surface area contributed by atoms with E-state index in [1.54, 1.807) is 45.0 Å². The van der Waals surface area contributed by atoms with E-state index in [0.717, 1.165) is 37.0 Å². The van der Waals surface area contributed by atoms with Crippen LogP contribution in [0.25, 0.3) is 11.4 Å². The number of urea groups is 1. The van der Waals surface area contributed by atoms with Crippen LogP contribution in [0.3, 0.4) is 0 Å². The largest absolute Gasteiger partial charge is 0.440 e. The van der Waals surface area contributed by atoms with Crippen molar-refractivity contribution in [3.63, 3.8) is 0 Å². The van der Waals surface area contributed by atoms with Crippen LogP contribution in [0, 0.1) is 16.7 Å². The van der Waals surface area contributed by atoms with Crippen molar-refractivity contribution in [2.24, 2.45) is 21.8 Å². The summed E-state index contributed by atoms with van der Waals surface area (Å²) < 4.78 is 5.25. The van der Waals surface area contributed by atoms with Gasteiger partial charge in [-0.15, -0.1) is 15.0 Å². The molecule has 0 bridgehead atoms. The normalized spacial score (nSPS) is 15.6. The number of fused-ring (bicyclic) bond motifs is 1. The lowest BCUT2D eigenvalue weighted by atomic mass is 9.90. The Morgan fingerprint density at radius 3 is 2.36 bits per heavy atom. The quantitative estimate of drug-likeness (QED) is 0.310. The predicted octanol–water partition coefficient (Wildman–Crippen LogP) is 5.28. The molecule has 0 unspecified atom stereocenters. The number of esters is 1. The lowest BCUT2D eigenvalue weighted by Crippen LogP contribution is -2.47. The van der Waals surface area contributed by atoms with Gasteiger partial charge in [0, 0.05) is 28.1 Å². The smallest absolute Gasteiger partial charge is 0.345 e. The van der Waals surface area contributed by atoms with Crippen LogP contribution in [-0.2, 0) is 25.9 Å². The van der Waals surface area contributed by atoms with Gasteiger partial charge in [0.05, 0.1) is 23.4 Å². The minimum Gasteiger partial charge on any atom is -0.440 e. The molecule has 47 heavy (non-hydrogen) atoms. The molecule has 1 aromatic heterocycles. The first-order valence-electron chi connectivity index (χ1n) is 15.9. The maximum atomic E-state index is 14.1. The summed E-state index contributed by atoms with van der Waals surface area (Å²) in [6.07, 6.45) is 4.00. The number of nitrogens with one attached hydrogen (secondary N) is 1. The van der Waals surface area contributed by atoms with Crippen molar-refractivity contribution < 1.29 is 23.9 Å². The van der Waals surface area contributed by atoms with E-state index in [1.807, 2.05) is 45.0 Å². The number of Topliss-reactive ketones (excluding diaryl/α,β-unsaturated/α-hetero) is 1. The molecular formula is C34H42N8O5. The first-order chi connectivity index (χ1) is 22.2. The molecule has 0 saturated heterocycles. The number of hydrogen-bond acceptors (Lipinski definition) is 9. The Labute approximate surface area is 274 Å². The number of carbonyl (C=O) groups excluding carboxylic acids is 4. The zero-order valence-corrected chi connectivity index (χ0v) is 27.8. The Hall–Kier alpha value is -4.94. The average molecular weight is 643 g/mol. The highest BCUT2D eigenvalue weighted by atomic mass is 16.5. The van der Waals surface area contributed by atoms with E-state index >= 15 is 0 Å². The molecule has 2 heterocycles. The Balaban J connectivity index is 1.35. The molecule has 13 heteroatoms. The number of ether oxygens (including phenoxy) is 1. The summed E-state index contributed by atoms with van der Waals surface area (Å²) in [7, 11) is 0. The predicted molar refractivity (Wildman–Crippen MR) is 176 cm³/mol. The molecule has 2 aromatic carbocycles. The third-order valence-electron chi connectivity index (χ3n) is 8.11. The molecule has 1 saturated carbocycles. The van der Waals surface area contributed by atoms with Gasteiger partial charge in [-0.3, -0.25) is 19.3 Å². The molecule has 0 atom stereocenters. The number of anilines is 2. The van der Waals surface area contributed by atoms with Crippen LogP contribution in [0.15, 0.2) is 53.6 Å². The summed E-state index contributed by atoms with van der Waals surface area (Å²) in [5, 5.41) is 21.1. The Kier molecular flexibility index (Phi) is 9.55. The van der Waals surface area contributed by atoms with Gasteiger partial charge >= 0.3 is 12.0 Å². The van der Waals surface area contributed by atoms with E-state index < -0.39 is 28.7 Å². The fourth-order valence-corrected chi connectivity index (χ4v) is 5.35. The van der Waals surface area contributed by atoms with Gasteiger partial charge in [-0.25, -0.2) is 9.80 Å². The fraction of sp³-hybridized carbons (Fsp3) is 0.471. The molecule has 0 radical (unpaired) electrons. The average Bonchev–Trinajstić information content (AvgIpc) is 3.71. The van der Waals surface area contributed by atoms with E-state index in [1.165, 1.54) is 14.7 Å². The third kappa shape index (κ3) is 7.90. The van der Waals surface area contributed by atoms with Crippen LogP contribution >= 0.6 is 0 Å². The lowest BCUT2D eigenvalue weighted by molar-refractivity contribution is -0.158. The summed E-state index contributed by atoms with van der Waals surface area (Å²) in [4.78, 5) is 55.4.